The van der Waals surface area contributed by atoms with E-state index in [1.54, 1.807) is 59.2 Å². The van der Waals surface area contributed by atoms with Gasteiger partial charge in [0, 0.05) is 50.5 Å². The molecule has 322 valence electrons. The monoisotopic (exact) mass is 803 g/mol. The quantitative estimate of drug-likeness (QED) is 0.116. The Morgan fingerprint density at radius 3 is 1.40 bits per heavy atom. The molecule has 4 N–H and O–H groups in total. The van der Waals surface area contributed by atoms with Crippen molar-refractivity contribution < 1.29 is 48.3 Å². The molecule has 3 rings (SSSR count). The maximum Gasteiger partial charge on any atom is 0.327 e. The number of carbonyl (C=O) groups excluding carboxylic acids is 4. The summed E-state index contributed by atoms with van der Waals surface area (Å²) in [5.41, 5.74) is 1.09. The number of hydrogen-bond acceptors (Lipinski definition) is 10. The Kier molecular flexibility index (Phi) is 29.4. The highest BCUT2D eigenvalue weighted by molar-refractivity contribution is 6.04. The van der Waals surface area contributed by atoms with Crippen LogP contribution in [0.2, 0.25) is 0 Å². The van der Waals surface area contributed by atoms with Crippen molar-refractivity contribution in [1.29, 1.82) is 0 Å². The lowest BCUT2D eigenvalue weighted by Gasteiger charge is -2.23. The summed E-state index contributed by atoms with van der Waals surface area (Å²) in [5.74, 6) is 2.91. The minimum atomic E-state index is -0.402. The van der Waals surface area contributed by atoms with Crippen LogP contribution in [0.1, 0.15) is 74.7 Å². The molecule has 0 spiro atoms. The van der Waals surface area contributed by atoms with Gasteiger partial charge in [-0.25, -0.2) is 4.79 Å². The van der Waals surface area contributed by atoms with Gasteiger partial charge in [-0.2, -0.15) is 0 Å². The molecule has 2 aromatic rings. The van der Waals surface area contributed by atoms with E-state index in [0.29, 0.717) is 50.3 Å². The molecule has 3 unspecified atom stereocenters. The van der Waals surface area contributed by atoms with Gasteiger partial charge in [0.05, 0.1) is 26.4 Å². The molecule has 14 heteroatoms. The van der Waals surface area contributed by atoms with Gasteiger partial charge in [-0.1, -0.05) is 59.9 Å². The first-order chi connectivity index (χ1) is 26.9. The Morgan fingerprint density at radius 1 is 0.754 bits per heavy atom. The summed E-state index contributed by atoms with van der Waals surface area (Å²) >= 11 is 0. The Bertz CT molecular complexity index is 1420. The van der Waals surface area contributed by atoms with E-state index in [0.717, 1.165) is 29.4 Å². The molecule has 0 saturated carbocycles. The summed E-state index contributed by atoms with van der Waals surface area (Å²) < 4.78 is 20.8. The average Bonchev–Trinajstić information content (AvgIpc) is 3.46. The van der Waals surface area contributed by atoms with Crippen molar-refractivity contribution in [1.82, 2.24) is 20.4 Å². The number of rotatable bonds is 16. The molecule has 3 atom stereocenters. The second-order valence-electron chi connectivity index (χ2n) is 13.1. The number of ether oxygens (including phenoxy) is 4. The van der Waals surface area contributed by atoms with Crippen molar-refractivity contribution in [3.63, 3.8) is 0 Å². The van der Waals surface area contributed by atoms with Crippen molar-refractivity contribution in [3.8, 4) is 23.0 Å². The van der Waals surface area contributed by atoms with E-state index >= 15 is 0 Å². The fourth-order valence-electron chi connectivity index (χ4n) is 4.50. The number of nitrogens with one attached hydrogen (secondary N) is 2. The van der Waals surface area contributed by atoms with Gasteiger partial charge in [0.1, 0.15) is 42.3 Å². The molecule has 1 aliphatic heterocycles. The summed E-state index contributed by atoms with van der Waals surface area (Å²) in [5, 5.41) is 23.4. The summed E-state index contributed by atoms with van der Waals surface area (Å²) in [4.78, 5) is 47.5. The number of imide groups is 1. The second kappa shape index (κ2) is 31.1. The fraction of sp³-hybridized carbons (Fsp3) is 0.535. The number of aliphatic hydroxyl groups is 2. The molecule has 1 saturated heterocycles. The summed E-state index contributed by atoms with van der Waals surface area (Å²) in [6, 6.07) is 14.3. The van der Waals surface area contributed by atoms with Crippen LogP contribution in [0.5, 0.6) is 23.0 Å². The molecule has 14 nitrogen and oxygen atoms in total. The Balaban J connectivity index is 0. The van der Waals surface area contributed by atoms with E-state index in [1.807, 2.05) is 77.9 Å². The number of likely N-dealkylation sites (N-methyl/N-ethyl adjacent to an activating group) is 3. The van der Waals surface area contributed by atoms with Crippen molar-refractivity contribution in [2.45, 2.75) is 92.9 Å². The lowest BCUT2D eigenvalue weighted by Crippen LogP contribution is -2.39. The smallest absolute Gasteiger partial charge is 0.327 e. The Hall–Kier alpha value is -5.08. The van der Waals surface area contributed by atoms with Gasteiger partial charge >= 0.3 is 6.03 Å². The number of benzene rings is 2. The third-order valence-electron chi connectivity index (χ3n) is 7.88. The van der Waals surface area contributed by atoms with Crippen LogP contribution >= 0.6 is 0 Å². The first-order valence-electron chi connectivity index (χ1n) is 19.2. The molecule has 1 heterocycles. The SMILES string of the molecule is C=C(C)C(=O)NC.C=C(C)C(=O)NC.CCC(O)COc1cccc(OC)c1.CCC(O)COc1cccc(OC)c1.CCCN1C(=O)N(CC)C(=O)C1C(C)C. The van der Waals surface area contributed by atoms with Gasteiger partial charge in [0.15, 0.2) is 0 Å². The van der Waals surface area contributed by atoms with Crippen molar-refractivity contribution >= 4 is 23.8 Å². The third-order valence-corrected chi connectivity index (χ3v) is 7.88. The van der Waals surface area contributed by atoms with Gasteiger partial charge in [-0.05, 0) is 70.2 Å². The molecule has 5 amide bonds. The molecule has 1 aliphatic rings. The first kappa shape index (κ1) is 54.0. The molecule has 0 bridgehead atoms. The van der Waals surface area contributed by atoms with Gasteiger partial charge in [0.2, 0.25) is 11.8 Å². The van der Waals surface area contributed by atoms with Crippen LogP contribution in [-0.2, 0) is 14.4 Å². The predicted octanol–water partition coefficient (Wildman–Crippen LogP) is 6.01. The van der Waals surface area contributed by atoms with Gasteiger partial charge in [0.25, 0.3) is 5.91 Å². The van der Waals surface area contributed by atoms with Crippen LogP contribution in [0.15, 0.2) is 72.8 Å². The third kappa shape index (κ3) is 22.3. The molecule has 0 aromatic heterocycles. The molecular formula is C43H70N4O10. The highest BCUT2D eigenvalue weighted by Crippen LogP contribution is 2.23. The van der Waals surface area contributed by atoms with Gasteiger partial charge in [-0.15, -0.1) is 0 Å². The number of urea groups is 1. The normalized spacial score (nSPS) is 13.7. The number of nitrogens with zero attached hydrogens (tertiary/aromatic N) is 2. The lowest BCUT2D eigenvalue weighted by atomic mass is 10.0. The maximum absolute atomic E-state index is 11.9. The molecule has 57 heavy (non-hydrogen) atoms. The van der Waals surface area contributed by atoms with Crippen LogP contribution in [0.25, 0.3) is 0 Å². The van der Waals surface area contributed by atoms with Crippen LogP contribution in [-0.4, -0.2) is 117 Å². The zero-order valence-corrected chi connectivity index (χ0v) is 36.3. The van der Waals surface area contributed by atoms with Crippen LogP contribution in [0.3, 0.4) is 0 Å². The maximum atomic E-state index is 11.9. The Morgan fingerprint density at radius 2 is 1.14 bits per heavy atom. The number of carbonyl (C=O) groups is 4. The molecular weight excluding hydrogens is 732 g/mol. The highest BCUT2D eigenvalue weighted by atomic mass is 16.5. The first-order valence-corrected chi connectivity index (χ1v) is 19.2. The highest BCUT2D eigenvalue weighted by Gasteiger charge is 2.44. The van der Waals surface area contributed by atoms with Crippen molar-refractivity contribution in [2.75, 3.05) is 54.6 Å². The predicted molar refractivity (Wildman–Crippen MR) is 226 cm³/mol. The second-order valence-corrected chi connectivity index (χ2v) is 13.1. The lowest BCUT2D eigenvalue weighted by molar-refractivity contribution is -0.129. The summed E-state index contributed by atoms with van der Waals surface area (Å²) in [7, 11) is 6.38. The number of methoxy groups -OCH3 is 2. The van der Waals surface area contributed by atoms with E-state index in [1.165, 1.54) is 4.90 Å². The van der Waals surface area contributed by atoms with Crippen LogP contribution in [0, 0.1) is 5.92 Å². The van der Waals surface area contributed by atoms with E-state index in [9.17, 15) is 29.4 Å². The number of hydrogen-bond donors (Lipinski definition) is 4. The number of aliphatic hydroxyl groups excluding tert-OH is 2. The summed E-state index contributed by atoms with van der Waals surface area (Å²) in [6.07, 6.45) is 1.48. The largest absolute Gasteiger partial charge is 0.497 e. The van der Waals surface area contributed by atoms with E-state index in [-0.39, 0.29) is 35.7 Å². The van der Waals surface area contributed by atoms with E-state index < -0.39 is 12.2 Å². The fourth-order valence-corrected chi connectivity index (χ4v) is 4.50. The zero-order chi connectivity index (χ0) is 44.1. The molecule has 0 aliphatic carbocycles. The molecule has 0 radical (unpaired) electrons. The molecule has 1 fully saturated rings. The minimum absolute atomic E-state index is 0.0362. The van der Waals surface area contributed by atoms with Gasteiger partial charge < -0.3 is 44.7 Å². The average molecular weight is 803 g/mol. The van der Waals surface area contributed by atoms with Crippen LogP contribution < -0.4 is 29.6 Å². The van der Waals surface area contributed by atoms with E-state index in [2.05, 4.69) is 23.8 Å². The number of amides is 5. The van der Waals surface area contributed by atoms with Gasteiger partial charge in [-0.3, -0.25) is 19.3 Å². The topological polar surface area (TPSA) is 176 Å². The Labute approximate surface area is 341 Å². The zero-order valence-electron chi connectivity index (χ0n) is 36.3. The summed E-state index contributed by atoms with van der Waals surface area (Å²) in [6.45, 7) is 23.6. The van der Waals surface area contributed by atoms with Crippen molar-refractivity contribution in [3.05, 3.63) is 72.8 Å². The molecule has 2 aromatic carbocycles. The standard InChI is InChI=1S/C11H20N2O2.2C11H16O3.2C5H9NO/c1-5-7-13-9(8(3)4)10(14)12(6-2)11(13)15;2*1-3-9(12)8-14-11-6-4-5-10(7-11)13-2;2*1-4(2)5(7)6-3/h8-9H,5-7H2,1-4H3;2*4-7,9,12H,3,8H2,1-2H3;2*1H2,2-3H3,(H,6,7). The van der Waals surface area contributed by atoms with E-state index in [4.69, 9.17) is 18.9 Å². The minimum Gasteiger partial charge on any atom is -0.497 e. The van der Waals surface area contributed by atoms with Crippen molar-refractivity contribution in [2.24, 2.45) is 5.92 Å². The van der Waals surface area contributed by atoms with Crippen LogP contribution in [0.4, 0.5) is 4.79 Å².